The molecular formula is C28H32N4O4S. The van der Waals surface area contributed by atoms with Crippen LogP contribution in [-0.4, -0.2) is 52.4 Å². The second-order valence-corrected chi connectivity index (χ2v) is 12.5. The Morgan fingerprint density at radius 3 is 2.81 bits per heavy atom. The van der Waals surface area contributed by atoms with E-state index in [1.54, 1.807) is 23.0 Å². The molecule has 37 heavy (non-hydrogen) atoms. The molecule has 3 aliphatic rings. The van der Waals surface area contributed by atoms with Crippen LogP contribution in [0.5, 0.6) is 0 Å². The van der Waals surface area contributed by atoms with Crippen molar-refractivity contribution < 1.29 is 19.1 Å². The minimum absolute atomic E-state index is 0.0394. The summed E-state index contributed by atoms with van der Waals surface area (Å²) in [4.78, 5) is 47.1. The number of ketones is 1. The standard InChI is InChI=1S/C28H32N4O4S/c1-28(2,3)36-27(35)32-20-8-7-19(11-20)26(32)22(33)9-16(14-29)10-24-30-15-23(37-24)18-6-5-17-13-25(34)31(4)21(17)12-18/h5-6,12,15-16,19-20,26H,7-11,13H2,1-4H3/t16?,19-,20+,26-/m0/s1. The minimum Gasteiger partial charge on any atom is -0.444 e. The van der Waals surface area contributed by atoms with E-state index in [1.807, 2.05) is 39.0 Å². The van der Waals surface area contributed by atoms with Crippen molar-refractivity contribution in [1.82, 2.24) is 9.88 Å². The van der Waals surface area contributed by atoms with Crippen molar-refractivity contribution in [1.29, 1.82) is 5.26 Å². The van der Waals surface area contributed by atoms with Gasteiger partial charge in [0.05, 0.1) is 34.3 Å². The average molecular weight is 521 g/mol. The van der Waals surface area contributed by atoms with Gasteiger partial charge in [-0.3, -0.25) is 14.5 Å². The van der Waals surface area contributed by atoms with Crippen LogP contribution in [0, 0.1) is 23.2 Å². The van der Waals surface area contributed by atoms with E-state index in [2.05, 4.69) is 11.1 Å². The summed E-state index contributed by atoms with van der Waals surface area (Å²) in [6.45, 7) is 5.47. The number of carbonyl (C=O) groups is 3. The molecule has 1 aromatic carbocycles. The maximum Gasteiger partial charge on any atom is 0.411 e. The van der Waals surface area contributed by atoms with Crippen LogP contribution in [0.25, 0.3) is 10.4 Å². The third kappa shape index (κ3) is 4.99. The number of nitrogens with zero attached hydrogens (tertiary/aromatic N) is 4. The number of aromatic nitrogens is 1. The van der Waals surface area contributed by atoms with E-state index in [0.29, 0.717) is 12.8 Å². The predicted molar refractivity (Wildman–Crippen MR) is 140 cm³/mol. The highest BCUT2D eigenvalue weighted by atomic mass is 32.1. The summed E-state index contributed by atoms with van der Waals surface area (Å²) >= 11 is 1.50. The molecule has 1 aromatic heterocycles. The minimum atomic E-state index is -0.631. The molecule has 2 amide bonds. The van der Waals surface area contributed by atoms with E-state index in [-0.39, 0.29) is 30.1 Å². The highest BCUT2D eigenvalue weighted by Crippen LogP contribution is 2.44. The second kappa shape index (κ2) is 9.56. The van der Waals surface area contributed by atoms with Gasteiger partial charge < -0.3 is 9.64 Å². The number of nitriles is 1. The molecule has 4 atom stereocenters. The van der Waals surface area contributed by atoms with Gasteiger partial charge in [0, 0.05) is 37.8 Å². The topological polar surface area (TPSA) is 104 Å². The number of carbonyl (C=O) groups excluding carboxylic acids is 3. The highest BCUT2D eigenvalue weighted by molar-refractivity contribution is 7.15. The fourth-order valence-electron chi connectivity index (χ4n) is 5.85. The van der Waals surface area contributed by atoms with Crippen LogP contribution in [0.1, 0.15) is 57.0 Å². The number of thiazole rings is 1. The Kier molecular flexibility index (Phi) is 6.57. The molecule has 0 radical (unpaired) electrons. The molecule has 1 unspecified atom stereocenters. The molecule has 0 N–H and O–H groups in total. The van der Waals surface area contributed by atoms with E-state index in [4.69, 9.17) is 4.74 Å². The van der Waals surface area contributed by atoms with Crippen molar-refractivity contribution in [2.75, 3.05) is 11.9 Å². The monoisotopic (exact) mass is 520 g/mol. The van der Waals surface area contributed by atoms with Gasteiger partial charge >= 0.3 is 6.09 Å². The van der Waals surface area contributed by atoms with Gasteiger partial charge in [-0.15, -0.1) is 11.3 Å². The van der Waals surface area contributed by atoms with Crippen molar-refractivity contribution in [2.45, 2.75) is 77.0 Å². The summed E-state index contributed by atoms with van der Waals surface area (Å²) in [5.74, 6) is -0.359. The first kappa shape index (κ1) is 25.4. The number of amides is 2. The molecule has 0 spiro atoms. The summed E-state index contributed by atoms with van der Waals surface area (Å²) in [5.41, 5.74) is 2.28. The third-order valence-corrected chi connectivity index (χ3v) is 8.64. The first-order chi connectivity index (χ1) is 17.5. The van der Waals surface area contributed by atoms with Crippen molar-refractivity contribution in [2.24, 2.45) is 11.8 Å². The van der Waals surface area contributed by atoms with Crippen LogP contribution in [0.3, 0.4) is 0 Å². The number of piperidine rings is 1. The summed E-state index contributed by atoms with van der Waals surface area (Å²) in [5, 5.41) is 10.6. The summed E-state index contributed by atoms with van der Waals surface area (Å²) < 4.78 is 5.61. The molecule has 8 nitrogen and oxygen atoms in total. The molecule has 2 fully saturated rings. The number of rotatable bonds is 6. The van der Waals surface area contributed by atoms with E-state index in [1.165, 1.54) is 11.3 Å². The lowest BCUT2D eigenvalue weighted by molar-refractivity contribution is -0.126. The van der Waals surface area contributed by atoms with Crippen LogP contribution >= 0.6 is 11.3 Å². The van der Waals surface area contributed by atoms with E-state index < -0.39 is 23.7 Å². The first-order valence-corrected chi connectivity index (χ1v) is 13.6. The van der Waals surface area contributed by atoms with Crippen molar-refractivity contribution in [3.63, 3.8) is 0 Å². The summed E-state index contributed by atoms with van der Waals surface area (Å²) in [7, 11) is 1.78. The maximum atomic E-state index is 13.4. The number of fused-ring (bicyclic) bond motifs is 3. The maximum absolute atomic E-state index is 13.4. The zero-order chi connectivity index (χ0) is 26.5. The zero-order valence-corrected chi connectivity index (χ0v) is 22.5. The number of ether oxygens (including phenoxy) is 1. The van der Waals surface area contributed by atoms with Gasteiger partial charge in [0.15, 0.2) is 5.78 Å². The fourth-order valence-corrected chi connectivity index (χ4v) is 6.85. The predicted octanol–water partition coefficient (Wildman–Crippen LogP) is 4.76. The molecule has 1 saturated heterocycles. The largest absolute Gasteiger partial charge is 0.444 e. The van der Waals surface area contributed by atoms with Gasteiger partial charge in [0.2, 0.25) is 5.91 Å². The summed E-state index contributed by atoms with van der Waals surface area (Å²) in [6.07, 6.45) is 4.88. The molecule has 2 aliphatic heterocycles. The lowest BCUT2D eigenvalue weighted by Crippen LogP contribution is -2.51. The quantitative estimate of drug-likeness (QED) is 0.544. The Balaban J connectivity index is 1.26. The number of likely N-dealkylation sites (tertiary alicyclic amines) is 1. The average Bonchev–Trinajstić information content (AvgIpc) is 3.62. The Morgan fingerprint density at radius 2 is 2.08 bits per heavy atom. The molecule has 3 heterocycles. The van der Waals surface area contributed by atoms with Gasteiger partial charge in [-0.25, -0.2) is 9.78 Å². The third-order valence-electron chi connectivity index (χ3n) is 7.57. The lowest BCUT2D eigenvalue weighted by Gasteiger charge is -2.35. The molecule has 5 rings (SSSR count). The molecular weight excluding hydrogens is 488 g/mol. The number of likely N-dealkylation sites (N-methyl/N-ethyl adjacent to an activating group) is 1. The van der Waals surface area contributed by atoms with Gasteiger partial charge in [-0.05, 0) is 63.1 Å². The lowest BCUT2D eigenvalue weighted by atomic mass is 9.89. The Labute approximate surface area is 221 Å². The van der Waals surface area contributed by atoms with Gasteiger partial charge in [0.25, 0.3) is 0 Å². The molecule has 194 valence electrons. The Bertz CT molecular complexity index is 1290. The fraction of sp³-hybridized carbons (Fsp3) is 0.536. The van der Waals surface area contributed by atoms with Crippen LogP contribution in [-0.2, 0) is 27.2 Å². The van der Waals surface area contributed by atoms with E-state index in [9.17, 15) is 19.6 Å². The number of hydrogen-bond donors (Lipinski definition) is 0. The second-order valence-electron chi connectivity index (χ2n) is 11.4. The number of Topliss-reactive ketones (excluding diaryl/α,β-unsaturated/α-hetero) is 1. The first-order valence-electron chi connectivity index (χ1n) is 12.8. The van der Waals surface area contributed by atoms with E-state index in [0.717, 1.165) is 46.0 Å². The van der Waals surface area contributed by atoms with Gasteiger partial charge in [-0.2, -0.15) is 5.26 Å². The van der Waals surface area contributed by atoms with Gasteiger partial charge in [-0.1, -0.05) is 12.1 Å². The number of anilines is 1. The zero-order valence-electron chi connectivity index (χ0n) is 21.7. The Hall–Kier alpha value is -3.25. The summed E-state index contributed by atoms with van der Waals surface area (Å²) in [6, 6.07) is 7.80. The van der Waals surface area contributed by atoms with Crippen molar-refractivity contribution in [3.8, 4) is 16.5 Å². The molecule has 1 saturated carbocycles. The smallest absolute Gasteiger partial charge is 0.411 e. The Morgan fingerprint density at radius 1 is 1.30 bits per heavy atom. The molecule has 2 aromatic rings. The van der Waals surface area contributed by atoms with Crippen LogP contribution < -0.4 is 4.90 Å². The number of benzene rings is 1. The molecule has 9 heteroatoms. The SMILES string of the molecule is CN1C(=O)Cc2ccc(-c3cnc(CC(C#N)CC(=O)[C@@H]4[C@H]5CC[C@H](C5)N4C(=O)OC(C)(C)C)s3)cc21. The molecule has 1 aliphatic carbocycles. The normalized spacial score (nSPS) is 23.2. The van der Waals surface area contributed by atoms with E-state index >= 15 is 0 Å². The van der Waals surface area contributed by atoms with Gasteiger partial charge in [0.1, 0.15) is 5.60 Å². The number of hydrogen-bond acceptors (Lipinski definition) is 7. The van der Waals surface area contributed by atoms with Crippen LogP contribution in [0.2, 0.25) is 0 Å². The van der Waals surface area contributed by atoms with Crippen molar-refractivity contribution >= 4 is 34.8 Å². The van der Waals surface area contributed by atoms with Crippen LogP contribution in [0.15, 0.2) is 24.4 Å². The highest BCUT2D eigenvalue weighted by Gasteiger charge is 2.52. The van der Waals surface area contributed by atoms with Crippen LogP contribution in [0.4, 0.5) is 10.5 Å². The molecule has 2 bridgehead atoms. The van der Waals surface area contributed by atoms with Crippen molar-refractivity contribution in [3.05, 3.63) is 35.0 Å².